The Hall–Kier alpha value is -1.29. The highest BCUT2D eigenvalue weighted by atomic mass is 35.5. The molecule has 1 aliphatic rings. The molecule has 16 heavy (non-hydrogen) atoms. The number of hydrogen-bond acceptors (Lipinski definition) is 3. The van der Waals surface area contributed by atoms with Crippen molar-refractivity contribution in [2.45, 2.75) is 25.8 Å². The number of benzene rings is 1. The van der Waals surface area contributed by atoms with E-state index < -0.39 is 4.92 Å². The van der Waals surface area contributed by atoms with E-state index in [1.807, 2.05) is 0 Å². The third-order valence-corrected chi connectivity index (χ3v) is 3.22. The minimum Gasteiger partial charge on any atom is -0.381 e. The van der Waals surface area contributed by atoms with Gasteiger partial charge in [-0.2, -0.15) is 0 Å². The SMILES string of the molecule is CC1CC(Nc2cc([N+](=O)[O-])ccc2Cl)C1. The quantitative estimate of drug-likeness (QED) is 0.650. The van der Waals surface area contributed by atoms with E-state index in [4.69, 9.17) is 11.6 Å². The van der Waals surface area contributed by atoms with Crippen molar-refractivity contribution in [3.63, 3.8) is 0 Å². The molecule has 0 radical (unpaired) electrons. The van der Waals surface area contributed by atoms with Crippen molar-refractivity contribution in [1.82, 2.24) is 0 Å². The summed E-state index contributed by atoms with van der Waals surface area (Å²) in [6.07, 6.45) is 2.19. The van der Waals surface area contributed by atoms with Gasteiger partial charge in [0.1, 0.15) is 0 Å². The Kier molecular flexibility index (Phi) is 3.01. The van der Waals surface area contributed by atoms with Crippen LogP contribution in [0, 0.1) is 16.0 Å². The fourth-order valence-corrected chi connectivity index (χ4v) is 2.15. The smallest absolute Gasteiger partial charge is 0.271 e. The highest BCUT2D eigenvalue weighted by Gasteiger charge is 2.25. The van der Waals surface area contributed by atoms with E-state index in [0.29, 0.717) is 16.8 Å². The second-order valence-electron chi connectivity index (χ2n) is 4.34. The highest BCUT2D eigenvalue weighted by Crippen LogP contribution is 2.33. The largest absolute Gasteiger partial charge is 0.381 e. The van der Waals surface area contributed by atoms with Gasteiger partial charge in [-0.3, -0.25) is 10.1 Å². The van der Waals surface area contributed by atoms with E-state index in [-0.39, 0.29) is 5.69 Å². The Morgan fingerprint density at radius 2 is 2.19 bits per heavy atom. The van der Waals surface area contributed by atoms with Crippen LogP contribution in [0.2, 0.25) is 5.02 Å². The minimum atomic E-state index is -0.412. The van der Waals surface area contributed by atoms with Crippen molar-refractivity contribution in [1.29, 1.82) is 0 Å². The molecule has 0 spiro atoms. The molecule has 1 N–H and O–H groups in total. The number of non-ortho nitro benzene ring substituents is 1. The maximum Gasteiger partial charge on any atom is 0.271 e. The molecule has 1 fully saturated rings. The van der Waals surface area contributed by atoms with E-state index >= 15 is 0 Å². The molecule has 0 atom stereocenters. The maximum absolute atomic E-state index is 10.6. The van der Waals surface area contributed by atoms with Crippen molar-refractivity contribution in [3.8, 4) is 0 Å². The topological polar surface area (TPSA) is 55.2 Å². The number of nitrogens with one attached hydrogen (secondary N) is 1. The van der Waals surface area contributed by atoms with Crippen molar-refractivity contribution in [2.75, 3.05) is 5.32 Å². The Morgan fingerprint density at radius 3 is 2.75 bits per heavy atom. The van der Waals surface area contributed by atoms with E-state index in [1.54, 1.807) is 6.07 Å². The number of nitro groups is 1. The van der Waals surface area contributed by atoms with Crippen LogP contribution in [0.3, 0.4) is 0 Å². The summed E-state index contributed by atoms with van der Waals surface area (Å²) in [7, 11) is 0. The summed E-state index contributed by atoms with van der Waals surface area (Å²) in [4.78, 5) is 10.2. The molecule has 2 rings (SSSR count). The molecular weight excluding hydrogens is 228 g/mol. The zero-order chi connectivity index (χ0) is 11.7. The summed E-state index contributed by atoms with van der Waals surface area (Å²) in [5.41, 5.74) is 0.729. The number of rotatable bonds is 3. The summed E-state index contributed by atoms with van der Waals surface area (Å²) in [5, 5.41) is 14.4. The van der Waals surface area contributed by atoms with Crippen LogP contribution >= 0.6 is 11.6 Å². The molecule has 0 heterocycles. The Morgan fingerprint density at radius 1 is 1.50 bits per heavy atom. The lowest BCUT2D eigenvalue weighted by atomic mass is 9.82. The predicted molar refractivity (Wildman–Crippen MR) is 63.9 cm³/mol. The number of hydrogen-bond donors (Lipinski definition) is 1. The van der Waals surface area contributed by atoms with Crippen LogP contribution in [-0.2, 0) is 0 Å². The summed E-state index contributed by atoms with van der Waals surface area (Å²) in [6, 6.07) is 4.86. The van der Waals surface area contributed by atoms with Gasteiger partial charge in [-0.05, 0) is 24.8 Å². The molecule has 1 saturated carbocycles. The molecule has 1 aliphatic carbocycles. The average molecular weight is 241 g/mol. The standard InChI is InChI=1S/C11H13ClN2O2/c1-7-4-8(5-7)13-11-6-9(14(15)16)2-3-10(11)12/h2-3,6-8,13H,4-5H2,1H3. The van der Waals surface area contributed by atoms with Gasteiger partial charge in [-0.15, -0.1) is 0 Å². The van der Waals surface area contributed by atoms with E-state index in [0.717, 1.165) is 18.8 Å². The van der Waals surface area contributed by atoms with Crippen molar-refractivity contribution < 1.29 is 4.92 Å². The molecule has 86 valence electrons. The lowest BCUT2D eigenvalue weighted by Gasteiger charge is -2.34. The predicted octanol–water partition coefficient (Wildman–Crippen LogP) is 3.46. The number of nitrogens with zero attached hydrogens (tertiary/aromatic N) is 1. The van der Waals surface area contributed by atoms with E-state index in [1.165, 1.54) is 12.1 Å². The molecule has 0 unspecified atom stereocenters. The first-order valence-corrected chi connectivity index (χ1v) is 5.64. The van der Waals surface area contributed by atoms with Gasteiger partial charge in [-0.25, -0.2) is 0 Å². The molecule has 0 saturated heterocycles. The van der Waals surface area contributed by atoms with Crippen LogP contribution in [0.25, 0.3) is 0 Å². The monoisotopic (exact) mass is 240 g/mol. The van der Waals surface area contributed by atoms with Gasteiger partial charge < -0.3 is 5.32 Å². The van der Waals surface area contributed by atoms with Crippen LogP contribution in [0.1, 0.15) is 19.8 Å². The number of halogens is 1. The Bertz CT molecular complexity index is 416. The van der Waals surface area contributed by atoms with Crippen LogP contribution in [0.5, 0.6) is 0 Å². The third-order valence-electron chi connectivity index (χ3n) is 2.89. The summed E-state index contributed by atoms with van der Waals surface area (Å²) in [6.45, 7) is 2.19. The van der Waals surface area contributed by atoms with E-state index in [9.17, 15) is 10.1 Å². The molecule has 0 bridgehead atoms. The third kappa shape index (κ3) is 2.27. The van der Waals surface area contributed by atoms with Crippen LogP contribution in [-0.4, -0.2) is 11.0 Å². The second-order valence-corrected chi connectivity index (χ2v) is 4.75. The maximum atomic E-state index is 10.6. The zero-order valence-corrected chi connectivity index (χ0v) is 9.70. The molecule has 0 aliphatic heterocycles. The van der Waals surface area contributed by atoms with Crippen molar-refractivity contribution in [3.05, 3.63) is 33.3 Å². The van der Waals surface area contributed by atoms with Crippen LogP contribution in [0.4, 0.5) is 11.4 Å². The summed E-state index contributed by atoms with van der Waals surface area (Å²) >= 11 is 5.98. The average Bonchev–Trinajstić information content (AvgIpc) is 2.18. The fraction of sp³-hybridized carbons (Fsp3) is 0.455. The number of nitro benzene ring substituents is 1. The van der Waals surface area contributed by atoms with Gasteiger partial charge in [0, 0.05) is 18.2 Å². The van der Waals surface area contributed by atoms with Crippen molar-refractivity contribution >= 4 is 23.0 Å². The van der Waals surface area contributed by atoms with Gasteiger partial charge in [-0.1, -0.05) is 18.5 Å². The first-order valence-electron chi connectivity index (χ1n) is 5.26. The normalized spacial score (nSPS) is 23.6. The van der Waals surface area contributed by atoms with Crippen LogP contribution < -0.4 is 5.32 Å². The minimum absolute atomic E-state index is 0.0688. The molecule has 5 heteroatoms. The molecule has 0 amide bonds. The van der Waals surface area contributed by atoms with Crippen LogP contribution in [0.15, 0.2) is 18.2 Å². The molecule has 0 aromatic heterocycles. The van der Waals surface area contributed by atoms with Gasteiger partial charge >= 0.3 is 0 Å². The van der Waals surface area contributed by atoms with Gasteiger partial charge in [0.2, 0.25) is 0 Å². The van der Waals surface area contributed by atoms with Crippen molar-refractivity contribution in [2.24, 2.45) is 5.92 Å². The van der Waals surface area contributed by atoms with Gasteiger partial charge in [0.05, 0.1) is 15.6 Å². The fourth-order valence-electron chi connectivity index (χ4n) is 1.98. The molecular formula is C11H13ClN2O2. The second kappa shape index (κ2) is 4.29. The summed E-state index contributed by atoms with van der Waals surface area (Å²) in [5.74, 6) is 0.731. The highest BCUT2D eigenvalue weighted by molar-refractivity contribution is 6.33. The van der Waals surface area contributed by atoms with E-state index in [2.05, 4.69) is 12.2 Å². The first kappa shape index (κ1) is 11.2. The zero-order valence-electron chi connectivity index (χ0n) is 8.94. The lowest BCUT2D eigenvalue weighted by molar-refractivity contribution is -0.384. The van der Waals surface area contributed by atoms with Gasteiger partial charge in [0.25, 0.3) is 5.69 Å². The first-order chi connectivity index (χ1) is 7.56. The lowest BCUT2D eigenvalue weighted by Crippen LogP contribution is -2.33. The molecule has 4 nitrogen and oxygen atoms in total. The van der Waals surface area contributed by atoms with Gasteiger partial charge in [0.15, 0.2) is 0 Å². The Labute approximate surface area is 98.8 Å². The summed E-state index contributed by atoms with van der Waals surface area (Å²) < 4.78 is 0. The molecule has 1 aromatic rings. The Balaban J connectivity index is 2.12. The molecule has 1 aromatic carbocycles. The number of anilines is 1.